The second-order valence-electron chi connectivity index (χ2n) is 6.05. The van der Waals surface area contributed by atoms with Gasteiger partial charge in [-0.1, -0.05) is 5.16 Å². The molecule has 0 unspecified atom stereocenters. The van der Waals surface area contributed by atoms with Crippen molar-refractivity contribution in [1.82, 2.24) is 10.1 Å². The van der Waals surface area contributed by atoms with Crippen molar-refractivity contribution in [2.24, 2.45) is 0 Å². The molecular formula is C19H18F2N4O2. The molecule has 27 heavy (non-hydrogen) atoms. The van der Waals surface area contributed by atoms with E-state index in [-0.39, 0.29) is 5.75 Å². The van der Waals surface area contributed by atoms with Gasteiger partial charge in [0.2, 0.25) is 0 Å². The molecule has 0 saturated carbocycles. The first kappa shape index (κ1) is 18.6. The fraction of sp³-hybridized carbons (Fsp3) is 0.316. The van der Waals surface area contributed by atoms with Crippen molar-refractivity contribution >= 4 is 16.6 Å². The lowest BCUT2D eigenvalue weighted by Gasteiger charge is -2.13. The zero-order valence-corrected chi connectivity index (χ0v) is 14.9. The van der Waals surface area contributed by atoms with E-state index in [0.717, 1.165) is 29.9 Å². The highest BCUT2D eigenvalue weighted by atomic mass is 19.3. The third-order valence-electron chi connectivity index (χ3n) is 4.27. The highest BCUT2D eigenvalue weighted by Gasteiger charge is 2.12. The van der Waals surface area contributed by atoms with Crippen molar-refractivity contribution in [3.05, 3.63) is 47.0 Å². The number of alkyl halides is 2. The van der Waals surface area contributed by atoms with Gasteiger partial charge in [-0.25, -0.2) is 0 Å². The maximum absolute atomic E-state index is 12.5. The van der Waals surface area contributed by atoms with Crippen molar-refractivity contribution < 1.29 is 18.0 Å². The molecule has 1 N–H and O–H groups in total. The van der Waals surface area contributed by atoms with Crippen LogP contribution in [0.3, 0.4) is 0 Å². The Labute approximate surface area is 154 Å². The van der Waals surface area contributed by atoms with Crippen LogP contribution >= 0.6 is 0 Å². The quantitative estimate of drug-likeness (QED) is 0.621. The fourth-order valence-electron chi connectivity index (χ4n) is 2.96. The van der Waals surface area contributed by atoms with E-state index in [1.807, 2.05) is 13.8 Å². The highest BCUT2D eigenvalue weighted by molar-refractivity contribution is 5.94. The predicted molar refractivity (Wildman–Crippen MR) is 95.9 cm³/mol. The maximum atomic E-state index is 12.5. The number of nitriles is 1. The highest BCUT2D eigenvalue weighted by Crippen LogP contribution is 2.29. The van der Waals surface area contributed by atoms with Crippen LogP contribution in [-0.2, 0) is 6.42 Å². The number of halogens is 2. The molecule has 2 aromatic heterocycles. The average Bonchev–Trinajstić information content (AvgIpc) is 2.96. The summed E-state index contributed by atoms with van der Waals surface area (Å²) in [6.45, 7) is 1.43. The number of aromatic nitrogens is 2. The number of hydrogen-bond acceptors (Lipinski definition) is 6. The Hall–Kier alpha value is -3.21. The minimum atomic E-state index is -2.92. The Kier molecular flexibility index (Phi) is 5.50. The molecule has 0 aliphatic heterocycles. The average molecular weight is 372 g/mol. The molecule has 0 aliphatic carbocycles. The molecule has 0 aliphatic rings. The molecule has 8 heteroatoms. The number of nitrogens with one attached hydrogen (secondary N) is 1. The number of pyridine rings is 1. The van der Waals surface area contributed by atoms with Gasteiger partial charge in [0.25, 0.3) is 0 Å². The third kappa shape index (κ3) is 4.14. The summed E-state index contributed by atoms with van der Waals surface area (Å²) in [6.07, 6.45) is 3.02. The van der Waals surface area contributed by atoms with Crippen LogP contribution in [0, 0.1) is 25.2 Å². The van der Waals surface area contributed by atoms with Crippen molar-refractivity contribution in [1.29, 1.82) is 5.26 Å². The molecule has 0 bridgehead atoms. The van der Waals surface area contributed by atoms with E-state index in [0.29, 0.717) is 28.7 Å². The van der Waals surface area contributed by atoms with Gasteiger partial charge < -0.3 is 14.6 Å². The van der Waals surface area contributed by atoms with E-state index < -0.39 is 6.61 Å². The van der Waals surface area contributed by atoms with Crippen molar-refractivity contribution in [3.8, 4) is 11.8 Å². The molecule has 0 amide bonds. The third-order valence-corrected chi connectivity index (χ3v) is 4.27. The van der Waals surface area contributed by atoms with Gasteiger partial charge >= 0.3 is 6.61 Å². The number of ether oxygens (including phenoxy) is 1. The zero-order chi connectivity index (χ0) is 19.4. The Morgan fingerprint density at radius 1 is 1.33 bits per heavy atom. The monoisotopic (exact) mass is 372 g/mol. The minimum absolute atomic E-state index is 0.0214. The molecule has 0 atom stereocenters. The van der Waals surface area contributed by atoms with Gasteiger partial charge in [0, 0.05) is 23.7 Å². The largest absolute Gasteiger partial charge is 0.435 e. The van der Waals surface area contributed by atoms with E-state index in [1.54, 1.807) is 6.07 Å². The van der Waals surface area contributed by atoms with Gasteiger partial charge in [-0.15, -0.1) is 0 Å². The second-order valence-corrected chi connectivity index (χ2v) is 6.05. The van der Waals surface area contributed by atoms with Crippen LogP contribution < -0.4 is 10.1 Å². The first-order chi connectivity index (χ1) is 13.0. The summed E-state index contributed by atoms with van der Waals surface area (Å²) in [7, 11) is 0. The Morgan fingerprint density at radius 2 is 2.15 bits per heavy atom. The molecule has 0 radical (unpaired) electrons. The Morgan fingerprint density at radius 3 is 2.81 bits per heavy atom. The number of rotatable bonds is 7. The Balaban J connectivity index is 1.80. The van der Waals surface area contributed by atoms with Crippen LogP contribution in [0.25, 0.3) is 10.9 Å². The predicted octanol–water partition coefficient (Wildman–Crippen LogP) is 4.36. The zero-order valence-electron chi connectivity index (χ0n) is 14.9. The first-order valence-corrected chi connectivity index (χ1v) is 8.43. The fourth-order valence-corrected chi connectivity index (χ4v) is 2.96. The van der Waals surface area contributed by atoms with Gasteiger partial charge in [0.15, 0.2) is 0 Å². The van der Waals surface area contributed by atoms with Crippen LogP contribution in [-0.4, -0.2) is 23.3 Å². The first-order valence-electron chi connectivity index (χ1n) is 8.43. The molecule has 3 rings (SSSR count). The molecule has 0 fully saturated rings. The lowest BCUT2D eigenvalue weighted by molar-refractivity contribution is -0.0497. The number of aryl methyl sites for hydroxylation is 2. The van der Waals surface area contributed by atoms with E-state index in [9.17, 15) is 14.0 Å². The standard InChI is InChI=1S/C19H18F2N4O2/c1-11-15(12(2)27-25-11)4-3-7-23-18-13(9-22)10-24-17-6-5-14(8-16(17)18)26-19(20)21/h5-6,8,10,19H,3-4,7H2,1-2H3,(H,23,24). The summed E-state index contributed by atoms with van der Waals surface area (Å²) in [4.78, 5) is 4.20. The SMILES string of the molecule is Cc1noc(C)c1CCCNc1c(C#N)cnc2ccc(OC(F)F)cc12. The Bertz CT molecular complexity index is 976. The van der Waals surface area contributed by atoms with Crippen LogP contribution in [0.2, 0.25) is 0 Å². The van der Waals surface area contributed by atoms with Gasteiger partial charge in [0.05, 0.1) is 22.5 Å². The summed E-state index contributed by atoms with van der Waals surface area (Å²) in [5, 5.41) is 17.1. The number of nitrogens with zero attached hydrogens (tertiary/aromatic N) is 3. The summed E-state index contributed by atoms with van der Waals surface area (Å²) in [6, 6.07) is 6.56. The van der Waals surface area contributed by atoms with Crippen molar-refractivity contribution in [2.45, 2.75) is 33.3 Å². The summed E-state index contributed by atoms with van der Waals surface area (Å²) < 4.78 is 34.6. The van der Waals surface area contributed by atoms with E-state index in [2.05, 4.69) is 26.3 Å². The lowest BCUT2D eigenvalue weighted by Crippen LogP contribution is -2.07. The van der Waals surface area contributed by atoms with Crippen LogP contribution in [0.5, 0.6) is 5.75 Å². The molecule has 0 saturated heterocycles. The van der Waals surface area contributed by atoms with Gasteiger partial charge in [-0.2, -0.15) is 14.0 Å². The molecule has 1 aromatic carbocycles. The van der Waals surface area contributed by atoms with Crippen LogP contribution in [0.15, 0.2) is 28.9 Å². The molecular weight excluding hydrogens is 354 g/mol. The van der Waals surface area contributed by atoms with Gasteiger partial charge in [0.1, 0.15) is 17.6 Å². The van der Waals surface area contributed by atoms with E-state index in [4.69, 9.17) is 4.52 Å². The molecule has 0 spiro atoms. The molecule has 3 aromatic rings. The second kappa shape index (κ2) is 7.99. The smallest absolute Gasteiger partial charge is 0.387 e. The number of hydrogen-bond donors (Lipinski definition) is 1. The van der Waals surface area contributed by atoms with E-state index in [1.165, 1.54) is 18.3 Å². The normalized spacial score (nSPS) is 11.0. The van der Waals surface area contributed by atoms with Gasteiger partial charge in [-0.05, 0) is 44.9 Å². The number of anilines is 1. The molecule has 2 heterocycles. The van der Waals surface area contributed by atoms with E-state index >= 15 is 0 Å². The lowest BCUT2D eigenvalue weighted by atomic mass is 10.1. The number of fused-ring (bicyclic) bond motifs is 1. The molecule has 140 valence electrons. The van der Waals surface area contributed by atoms with Crippen molar-refractivity contribution in [2.75, 3.05) is 11.9 Å². The molecule has 6 nitrogen and oxygen atoms in total. The summed E-state index contributed by atoms with van der Waals surface area (Å²) in [5.74, 6) is 0.821. The van der Waals surface area contributed by atoms with Gasteiger partial charge in [-0.3, -0.25) is 4.98 Å². The minimum Gasteiger partial charge on any atom is -0.435 e. The topological polar surface area (TPSA) is 84.0 Å². The van der Waals surface area contributed by atoms with Crippen molar-refractivity contribution in [3.63, 3.8) is 0 Å². The number of benzene rings is 1. The summed E-state index contributed by atoms with van der Waals surface area (Å²) >= 11 is 0. The van der Waals surface area contributed by atoms with Crippen LogP contribution in [0.1, 0.15) is 29.0 Å². The van der Waals surface area contributed by atoms with Crippen LogP contribution in [0.4, 0.5) is 14.5 Å². The summed E-state index contributed by atoms with van der Waals surface area (Å²) in [5.41, 5.74) is 3.43. The maximum Gasteiger partial charge on any atom is 0.387 e.